The standard InChI is InChI=1S/C16H19N3O3/c1-20-13-4-2-12(3-5-13)15-6-7-16(19-18-15)17-10-14-11-21-8-9-22-14/h2-7,14H,8-11H2,1H3,(H,17,19). The fourth-order valence-corrected chi connectivity index (χ4v) is 2.22. The van der Waals surface area contributed by atoms with Crippen LogP contribution in [0.3, 0.4) is 0 Å². The van der Waals surface area contributed by atoms with Crippen LogP contribution in [0.15, 0.2) is 36.4 Å². The number of nitrogens with one attached hydrogen (secondary N) is 1. The Morgan fingerprint density at radius 3 is 2.64 bits per heavy atom. The number of nitrogens with zero attached hydrogens (tertiary/aromatic N) is 2. The predicted molar refractivity (Wildman–Crippen MR) is 83.1 cm³/mol. The first-order valence-corrected chi connectivity index (χ1v) is 7.26. The predicted octanol–water partition coefficient (Wildman–Crippen LogP) is 1.98. The molecule has 0 saturated carbocycles. The van der Waals surface area contributed by atoms with Gasteiger partial charge in [-0.15, -0.1) is 10.2 Å². The Balaban J connectivity index is 1.59. The van der Waals surface area contributed by atoms with E-state index in [0.29, 0.717) is 26.4 Å². The van der Waals surface area contributed by atoms with Crippen LogP contribution in [0.2, 0.25) is 0 Å². The number of rotatable bonds is 5. The average molecular weight is 301 g/mol. The summed E-state index contributed by atoms with van der Waals surface area (Å²) in [7, 11) is 1.65. The van der Waals surface area contributed by atoms with Crippen molar-refractivity contribution in [2.45, 2.75) is 6.10 Å². The maximum Gasteiger partial charge on any atom is 0.148 e. The summed E-state index contributed by atoms with van der Waals surface area (Å²) in [6.07, 6.45) is 0.0665. The van der Waals surface area contributed by atoms with Gasteiger partial charge in [-0.25, -0.2) is 0 Å². The molecule has 1 saturated heterocycles. The lowest BCUT2D eigenvalue weighted by Gasteiger charge is -2.23. The van der Waals surface area contributed by atoms with Crippen LogP contribution in [0.25, 0.3) is 11.3 Å². The van der Waals surface area contributed by atoms with Gasteiger partial charge in [0.25, 0.3) is 0 Å². The molecule has 3 rings (SSSR count). The third-order valence-corrected chi connectivity index (χ3v) is 3.45. The van der Waals surface area contributed by atoms with Gasteiger partial charge in [0.2, 0.25) is 0 Å². The summed E-state index contributed by atoms with van der Waals surface area (Å²) in [6.45, 7) is 2.60. The van der Waals surface area contributed by atoms with Crippen LogP contribution in [-0.4, -0.2) is 49.8 Å². The summed E-state index contributed by atoms with van der Waals surface area (Å²) < 4.78 is 16.1. The molecule has 0 amide bonds. The molecule has 116 valence electrons. The van der Waals surface area contributed by atoms with Crippen molar-refractivity contribution in [2.75, 3.05) is 38.8 Å². The Morgan fingerprint density at radius 1 is 1.14 bits per heavy atom. The van der Waals surface area contributed by atoms with Crippen LogP contribution < -0.4 is 10.1 Å². The summed E-state index contributed by atoms with van der Waals surface area (Å²) in [4.78, 5) is 0. The number of hydrogen-bond acceptors (Lipinski definition) is 6. The molecule has 2 heterocycles. The van der Waals surface area contributed by atoms with Crippen molar-refractivity contribution in [1.82, 2.24) is 10.2 Å². The zero-order chi connectivity index (χ0) is 15.2. The summed E-state index contributed by atoms with van der Waals surface area (Å²) in [5, 5.41) is 11.6. The fourth-order valence-electron chi connectivity index (χ4n) is 2.22. The van der Waals surface area contributed by atoms with Gasteiger partial charge in [-0.2, -0.15) is 0 Å². The van der Waals surface area contributed by atoms with E-state index >= 15 is 0 Å². The van der Waals surface area contributed by atoms with Gasteiger partial charge >= 0.3 is 0 Å². The van der Waals surface area contributed by atoms with E-state index in [4.69, 9.17) is 14.2 Å². The van der Waals surface area contributed by atoms with E-state index < -0.39 is 0 Å². The third-order valence-electron chi connectivity index (χ3n) is 3.45. The monoisotopic (exact) mass is 301 g/mol. The first-order chi connectivity index (χ1) is 10.8. The van der Waals surface area contributed by atoms with Crippen LogP contribution >= 0.6 is 0 Å². The topological polar surface area (TPSA) is 65.5 Å². The van der Waals surface area contributed by atoms with Crippen molar-refractivity contribution in [3.63, 3.8) is 0 Å². The minimum absolute atomic E-state index is 0.0665. The first-order valence-electron chi connectivity index (χ1n) is 7.26. The van der Waals surface area contributed by atoms with E-state index in [1.54, 1.807) is 7.11 Å². The summed E-state index contributed by atoms with van der Waals surface area (Å²) >= 11 is 0. The molecule has 1 aliphatic rings. The lowest BCUT2D eigenvalue weighted by Crippen LogP contribution is -2.34. The highest BCUT2D eigenvalue weighted by atomic mass is 16.6. The molecule has 22 heavy (non-hydrogen) atoms. The van der Waals surface area contributed by atoms with Crippen molar-refractivity contribution in [3.05, 3.63) is 36.4 Å². The Kier molecular flexibility index (Phi) is 4.82. The van der Waals surface area contributed by atoms with Crippen molar-refractivity contribution < 1.29 is 14.2 Å². The summed E-state index contributed by atoms with van der Waals surface area (Å²) in [5.41, 5.74) is 1.83. The largest absolute Gasteiger partial charge is 0.497 e. The lowest BCUT2D eigenvalue weighted by molar-refractivity contribution is -0.0819. The van der Waals surface area contributed by atoms with E-state index in [-0.39, 0.29) is 6.10 Å². The van der Waals surface area contributed by atoms with Gasteiger partial charge in [-0.1, -0.05) is 0 Å². The Morgan fingerprint density at radius 2 is 2.00 bits per heavy atom. The molecule has 1 aromatic carbocycles. The van der Waals surface area contributed by atoms with Gasteiger partial charge in [-0.3, -0.25) is 0 Å². The summed E-state index contributed by atoms with van der Waals surface area (Å²) in [5.74, 6) is 1.55. The number of benzene rings is 1. The highest BCUT2D eigenvalue weighted by molar-refractivity contribution is 5.60. The minimum atomic E-state index is 0.0665. The molecule has 1 atom stereocenters. The number of anilines is 1. The second-order valence-electron chi connectivity index (χ2n) is 4.98. The average Bonchev–Trinajstić information content (AvgIpc) is 2.61. The molecule has 1 unspecified atom stereocenters. The molecular formula is C16H19N3O3. The Hall–Kier alpha value is -2.18. The smallest absolute Gasteiger partial charge is 0.148 e. The molecule has 1 N–H and O–H groups in total. The molecule has 6 heteroatoms. The zero-order valence-electron chi connectivity index (χ0n) is 12.5. The van der Waals surface area contributed by atoms with Gasteiger partial charge in [0.1, 0.15) is 11.6 Å². The van der Waals surface area contributed by atoms with E-state index in [9.17, 15) is 0 Å². The highest BCUT2D eigenvalue weighted by Gasteiger charge is 2.14. The molecule has 0 aliphatic carbocycles. The summed E-state index contributed by atoms with van der Waals surface area (Å²) in [6, 6.07) is 11.6. The van der Waals surface area contributed by atoms with Crippen LogP contribution in [-0.2, 0) is 9.47 Å². The van der Waals surface area contributed by atoms with Gasteiger partial charge in [0.05, 0.1) is 38.7 Å². The molecule has 0 bridgehead atoms. The normalized spacial score (nSPS) is 18.0. The SMILES string of the molecule is COc1ccc(-c2ccc(NCC3COCCO3)nn2)cc1. The number of methoxy groups -OCH3 is 1. The van der Waals surface area contributed by atoms with E-state index in [2.05, 4.69) is 15.5 Å². The lowest BCUT2D eigenvalue weighted by atomic mass is 10.1. The van der Waals surface area contributed by atoms with E-state index in [1.165, 1.54) is 0 Å². The molecule has 0 spiro atoms. The second-order valence-corrected chi connectivity index (χ2v) is 4.98. The van der Waals surface area contributed by atoms with Gasteiger partial charge < -0.3 is 19.5 Å². The maximum atomic E-state index is 5.57. The quantitative estimate of drug-likeness (QED) is 0.911. The third kappa shape index (κ3) is 3.72. The minimum Gasteiger partial charge on any atom is -0.497 e. The van der Waals surface area contributed by atoms with Gasteiger partial charge in [0.15, 0.2) is 0 Å². The maximum absolute atomic E-state index is 5.57. The van der Waals surface area contributed by atoms with Crippen molar-refractivity contribution in [2.24, 2.45) is 0 Å². The molecule has 1 aromatic heterocycles. The number of aromatic nitrogens is 2. The van der Waals surface area contributed by atoms with Crippen LogP contribution in [0.5, 0.6) is 5.75 Å². The number of hydrogen-bond donors (Lipinski definition) is 1. The van der Waals surface area contributed by atoms with Crippen LogP contribution in [0.4, 0.5) is 5.82 Å². The molecule has 1 aliphatic heterocycles. The molecule has 1 fully saturated rings. The van der Waals surface area contributed by atoms with Gasteiger partial charge in [-0.05, 0) is 36.4 Å². The Bertz CT molecular complexity index is 581. The van der Waals surface area contributed by atoms with Gasteiger partial charge in [0, 0.05) is 12.1 Å². The van der Waals surface area contributed by atoms with Crippen molar-refractivity contribution in [3.8, 4) is 17.0 Å². The second kappa shape index (κ2) is 7.20. The first kappa shape index (κ1) is 14.7. The van der Waals surface area contributed by atoms with E-state index in [1.807, 2.05) is 36.4 Å². The zero-order valence-corrected chi connectivity index (χ0v) is 12.5. The molecular weight excluding hydrogens is 282 g/mol. The molecule has 6 nitrogen and oxygen atoms in total. The highest BCUT2D eigenvalue weighted by Crippen LogP contribution is 2.20. The molecule has 0 radical (unpaired) electrons. The molecule has 2 aromatic rings. The van der Waals surface area contributed by atoms with Crippen LogP contribution in [0.1, 0.15) is 0 Å². The van der Waals surface area contributed by atoms with Crippen LogP contribution in [0, 0.1) is 0 Å². The Labute approximate surface area is 129 Å². The number of ether oxygens (including phenoxy) is 3. The fraction of sp³-hybridized carbons (Fsp3) is 0.375. The van der Waals surface area contributed by atoms with E-state index in [0.717, 1.165) is 22.8 Å². The van der Waals surface area contributed by atoms with Crippen molar-refractivity contribution in [1.29, 1.82) is 0 Å². The van der Waals surface area contributed by atoms with Crippen molar-refractivity contribution >= 4 is 5.82 Å².